The zero-order valence-electron chi connectivity index (χ0n) is 17.9. The highest BCUT2D eigenvalue weighted by Crippen LogP contribution is 2.30. The fourth-order valence-electron chi connectivity index (χ4n) is 3.10. The van der Waals surface area contributed by atoms with Gasteiger partial charge in [0.15, 0.2) is 17.1 Å². The predicted molar refractivity (Wildman–Crippen MR) is 121 cm³/mol. The molecule has 1 heterocycles. The Morgan fingerprint density at radius 2 is 1.83 bits per heavy atom. The van der Waals surface area contributed by atoms with Crippen molar-refractivity contribution in [3.8, 4) is 5.75 Å². The monoisotopic (exact) mass is 447 g/mol. The van der Waals surface area contributed by atoms with Crippen LogP contribution >= 0.6 is 23.4 Å². The first-order valence-electron chi connectivity index (χ1n) is 9.96. The van der Waals surface area contributed by atoms with Crippen LogP contribution in [-0.2, 0) is 17.7 Å². The molecule has 0 saturated carbocycles. The summed E-state index contributed by atoms with van der Waals surface area (Å²) in [6.45, 7) is 11.2. The van der Waals surface area contributed by atoms with E-state index in [0.717, 1.165) is 11.6 Å². The second kappa shape index (κ2) is 9.40. The van der Waals surface area contributed by atoms with Crippen LogP contribution in [0.2, 0.25) is 5.02 Å². The third-order valence-electron chi connectivity index (χ3n) is 4.87. The minimum atomic E-state index is -0.312. The fraction of sp³-hybridized carbons (Fsp3) is 0.391. The highest BCUT2D eigenvalue weighted by molar-refractivity contribution is 7.98. The lowest BCUT2D eigenvalue weighted by atomic mass is 9.87. The third kappa shape index (κ3) is 5.16. The SMILES string of the molecule is CCn1c(SCc2c(F)cccc2Cl)nnc1C(C)Oc1ccc(C(C)(C)C)cc1. The summed E-state index contributed by atoms with van der Waals surface area (Å²) < 4.78 is 22.2. The quantitative estimate of drug-likeness (QED) is 0.372. The van der Waals surface area contributed by atoms with Crippen LogP contribution in [0.1, 0.15) is 57.7 Å². The average Bonchev–Trinajstić information content (AvgIpc) is 3.10. The van der Waals surface area contributed by atoms with Crippen molar-refractivity contribution in [2.45, 2.75) is 63.6 Å². The molecular weight excluding hydrogens is 421 g/mol. The van der Waals surface area contributed by atoms with E-state index < -0.39 is 0 Å². The first-order chi connectivity index (χ1) is 14.2. The van der Waals surface area contributed by atoms with Crippen molar-refractivity contribution in [2.75, 3.05) is 0 Å². The van der Waals surface area contributed by atoms with Crippen LogP contribution in [-0.4, -0.2) is 14.8 Å². The summed E-state index contributed by atoms with van der Waals surface area (Å²) in [6, 6.07) is 12.9. The highest BCUT2D eigenvalue weighted by Gasteiger charge is 2.20. The van der Waals surface area contributed by atoms with Gasteiger partial charge in [0.25, 0.3) is 0 Å². The first-order valence-corrected chi connectivity index (χ1v) is 11.3. The van der Waals surface area contributed by atoms with Crippen molar-refractivity contribution in [1.82, 2.24) is 14.8 Å². The lowest BCUT2D eigenvalue weighted by Crippen LogP contribution is -2.13. The van der Waals surface area contributed by atoms with Crippen LogP contribution in [0.3, 0.4) is 0 Å². The maximum Gasteiger partial charge on any atom is 0.191 e. The molecule has 1 unspecified atom stereocenters. The zero-order chi connectivity index (χ0) is 21.9. The van der Waals surface area contributed by atoms with Gasteiger partial charge in [-0.3, -0.25) is 0 Å². The Labute approximate surface area is 186 Å². The zero-order valence-corrected chi connectivity index (χ0v) is 19.5. The van der Waals surface area contributed by atoms with Crippen molar-refractivity contribution < 1.29 is 9.13 Å². The van der Waals surface area contributed by atoms with E-state index in [1.165, 1.54) is 23.4 Å². The van der Waals surface area contributed by atoms with Gasteiger partial charge in [-0.05, 0) is 49.1 Å². The molecule has 0 fully saturated rings. The molecule has 30 heavy (non-hydrogen) atoms. The minimum Gasteiger partial charge on any atom is -0.483 e. The van der Waals surface area contributed by atoms with Crippen LogP contribution < -0.4 is 4.74 Å². The Morgan fingerprint density at radius 3 is 2.43 bits per heavy atom. The molecule has 0 bridgehead atoms. The van der Waals surface area contributed by atoms with Gasteiger partial charge in [-0.2, -0.15) is 0 Å². The largest absolute Gasteiger partial charge is 0.483 e. The number of thioether (sulfide) groups is 1. The Hall–Kier alpha value is -2.05. The van der Waals surface area contributed by atoms with Gasteiger partial charge >= 0.3 is 0 Å². The van der Waals surface area contributed by atoms with Gasteiger partial charge in [-0.1, -0.05) is 62.3 Å². The number of rotatable bonds is 7. The van der Waals surface area contributed by atoms with Crippen LogP contribution in [0.15, 0.2) is 47.6 Å². The summed E-state index contributed by atoms with van der Waals surface area (Å²) in [5.74, 6) is 1.59. The number of ether oxygens (including phenoxy) is 1. The Kier molecular flexibility index (Phi) is 7.09. The summed E-state index contributed by atoms with van der Waals surface area (Å²) in [4.78, 5) is 0. The molecule has 0 N–H and O–H groups in total. The number of aromatic nitrogens is 3. The van der Waals surface area contributed by atoms with E-state index >= 15 is 0 Å². The van der Waals surface area contributed by atoms with Crippen LogP contribution in [0.5, 0.6) is 5.75 Å². The fourth-order valence-corrected chi connectivity index (χ4v) is 4.45. The van der Waals surface area contributed by atoms with Gasteiger partial charge in [0.2, 0.25) is 0 Å². The van der Waals surface area contributed by atoms with Gasteiger partial charge in [0.1, 0.15) is 11.6 Å². The summed E-state index contributed by atoms with van der Waals surface area (Å²) in [5, 5.41) is 9.77. The van der Waals surface area contributed by atoms with Crippen molar-refractivity contribution >= 4 is 23.4 Å². The molecule has 3 rings (SSSR count). The molecule has 0 aliphatic heterocycles. The highest BCUT2D eigenvalue weighted by atomic mass is 35.5. The van der Waals surface area contributed by atoms with Crippen molar-refractivity contribution in [3.05, 3.63) is 70.3 Å². The smallest absolute Gasteiger partial charge is 0.191 e. The van der Waals surface area contributed by atoms with Crippen molar-refractivity contribution in [1.29, 1.82) is 0 Å². The molecule has 1 atom stereocenters. The number of halogens is 2. The standard InChI is InChI=1S/C23H27ClFN3OS/c1-6-28-21(15(2)29-17-12-10-16(11-13-17)23(3,4)5)26-27-22(28)30-14-18-19(24)8-7-9-20(18)25/h7-13,15H,6,14H2,1-5H3. The van der Waals surface area contributed by atoms with Crippen molar-refractivity contribution in [2.24, 2.45) is 0 Å². The Morgan fingerprint density at radius 1 is 1.13 bits per heavy atom. The van der Waals surface area contributed by atoms with E-state index in [-0.39, 0.29) is 17.3 Å². The van der Waals surface area contributed by atoms with Crippen LogP contribution in [0.4, 0.5) is 4.39 Å². The maximum atomic E-state index is 14.1. The summed E-state index contributed by atoms with van der Waals surface area (Å²) >= 11 is 7.55. The summed E-state index contributed by atoms with van der Waals surface area (Å²) in [6.07, 6.45) is -0.274. The van der Waals surface area contributed by atoms with E-state index in [1.54, 1.807) is 12.1 Å². The summed E-state index contributed by atoms with van der Waals surface area (Å²) in [5.41, 5.74) is 1.82. The topological polar surface area (TPSA) is 39.9 Å². The molecule has 3 aromatic rings. The van der Waals surface area contributed by atoms with Gasteiger partial charge in [-0.15, -0.1) is 10.2 Å². The molecule has 160 valence electrons. The molecule has 0 aliphatic rings. The molecule has 0 amide bonds. The van der Waals surface area contributed by atoms with E-state index in [2.05, 4.69) is 43.1 Å². The van der Waals surface area contributed by atoms with Gasteiger partial charge in [0, 0.05) is 22.9 Å². The lowest BCUT2D eigenvalue weighted by molar-refractivity contribution is 0.210. The molecule has 7 heteroatoms. The summed E-state index contributed by atoms with van der Waals surface area (Å²) in [7, 11) is 0. The number of hydrogen-bond donors (Lipinski definition) is 0. The van der Waals surface area contributed by atoms with Crippen LogP contribution in [0, 0.1) is 5.82 Å². The molecule has 1 aromatic heterocycles. The lowest BCUT2D eigenvalue weighted by Gasteiger charge is -2.20. The molecule has 4 nitrogen and oxygen atoms in total. The van der Waals surface area contributed by atoms with E-state index in [4.69, 9.17) is 16.3 Å². The number of benzene rings is 2. The van der Waals surface area contributed by atoms with E-state index in [0.29, 0.717) is 28.0 Å². The molecule has 0 radical (unpaired) electrons. The van der Waals surface area contributed by atoms with Crippen LogP contribution in [0.25, 0.3) is 0 Å². The second-order valence-electron chi connectivity index (χ2n) is 8.11. The maximum absolute atomic E-state index is 14.1. The molecular formula is C23H27ClFN3OS. The minimum absolute atomic E-state index is 0.0970. The van der Waals surface area contributed by atoms with Gasteiger partial charge < -0.3 is 9.30 Å². The van der Waals surface area contributed by atoms with E-state index in [9.17, 15) is 4.39 Å². The molecule has 0 spiro atoms. The number of hydrogen-bond acceptors (Lipinski definition) is 4. The van der Waals surface area contributed by atoms with Gasteiger partial charge in [-0.25, -0.2) is 4.39 Å². The Bertz CT molecular complexity index is 978. The molecule has 0 saturated heterocycles. The third-order valence-corrected chi connectivity index (χ3v) is 6.21. The molecule has 2 aromatic carbocycles. The first kappa shape index (κ1) is 22.6. The van der Waals surface area contributed by atoms with Gasteiger partial charge in [0.05, 0.1) is 0 Å². The number of nitrogens with zero attached hydrogens (tertiary/aromatic N) is 3. The van der Waals surface area contributed by atoms with E-state index in [1.807, 2.05) is 30.5 Å². The molecule has 0 aliphatic carbocycles. The Balaban J connectivity index is 1.73. The second-order valence-corrected chi connectivity index (χ2v) is 9.46. The predicted octanol–water partition coefficient (Wildman–Crippen LogP) is 6.82. The normalized spacial score (nSPS) is 12.8. The van der Waals surface area contributed by atoms with Crippen molar-refractivity contribution in [3.63, 3.8) is 0 Å². The average molecular weight is 448 g/mol.